The van der Waals surface area contributed by atoms with Crippen LogP contribution in [0.2, 0.25) is 0 Å². The topological polar surface area (TPSA) is 44.8 Å². The lowest BCUT2D eigenvalue weighted by atomic mass is 10.2. The molecule has 0 aromatic heterocycles. The lowest BCUT2D eigenvalue weighted by molar-refractivity contribution is 0.170. The van der Waals surface area contributed by atoms with Gasteiger partial charge >= 0.3 is 0 Å². The van der Waals surface area contributed by atoms with Gasteiger partial charge in [-0.15, -0.1) is 0 Å². The second kappa shape index (κ2) is 7.51. The van der Waals surface area contributed by atoms with E-state index in [9.17, 15) is 4.21 Å². The van der Waals surface area contributed by atoms with Crippen LogP contribution in [0.4, 0.5) is 0 Å². The fourth-order valence-corrected chi connectivity index (χ4v) is 3.83. The van der Waals surface area contributed by atoms with Gasteiger partial charge in [0, 0.05) is 21.9 Å². The van der Waals surface area contributed by atoms with Crippen LogP contribution in [0.5, 0.6) is 17.2 Å². The molecule has 1 aliphatic rings. The summed E-state index contributed by atoms with van der Waals surface area (Å²) in [5.41, 5.74) is 1.89. The van der Waals surface area contributed by atoms with Gasteiger partial charge in [0.2, 0.25) is 0 Å². The number of ether oxygens (including phenoxy) is 3. The zero-order chi connectivity index (χ0) is 16.1. The summed E-state index contributed by atoms with van der Waals surface area (Å²) in [5.74, 6) is 3.16. The highest BCUT2D eigenvalue weighted by Crippen LogP contribution is 2.34. The van der Waals surface area contributed by atoms with E-state index in [0.29, 0.717) is 31.3 Å². The van der Waals surface area contributed by atoms with E-state index in [1.807, 2.05) is 49.4 Å². The Labute approximate surface area is 138 Å². The number of hydrogen-bond acceptors (Lipinski definition) is 4. The van der Waals surface area contributed by atoms with Crippen LogP contribution < -0.4 is 14.2 Å². The Bertz CT molecular complexity index is 699. The Balaban J connectivity index is 1.73. The van der Waals surface area contributed by atoms with E-state index in [0.717, 1.165) is 28.4 Å². The van der Waals surface area contributed by atoms with Crippen molar-refractivity contribution in [3.63, 3.8) is 0 Å². The molecule has 0 bridgehead atoms. The molecule has 3 rings (SSSR count). The zero-order valence-corrected chi connectivity index (χ0v) is 13.9. The first-order valence-electron chi connectivity index (χ1n) is 7.71. The molecule has 0 fully saturated rings. The highest BCUT2D eigenvalue weighted by atomic mass is 32.2. The van der Waals surface area contributed by atoms with Crippen molar-refractivity contribution >= 4 is 10.8 Å². The van der Waals surface area contributed by atoms with Crippen LogP contribution in [0.15, 0.2) is 42.5 Å². The molecule has 1 heterocycles. The van der Waals surface area contributed by atoms with Crippen LogP contribution in [0, 0.1) is 0 Å². The molecule has 4 nitrogen and oxygen atoms in total. The van der Waals surface area contributed by atoms with Gasteiger partial charge in [-0.1, -0.05) is 30.3 Å². The molecule has 2 aromatic carbocycles. The van der Waals surface area contributed by atoms with Gasteiger partial charge in [0.15, 0.2) is 11.5 Å². The van der Waals surface area contributed by atoms with Crippen LogP contribution in [0.1, 0.15) is 18.1 Å². The summed E-state index contributed by atoms with van der Waals surface area (Å²) in [4.78, 5) is 0. The van der Waals surface area contributed by atoms with Gasteiger partial charge in [0.1, 0.15) is 19.0 Å². The number of benzene rings is 2. The first kappa shape index (κ1) is 15.9. The maximum Gasteiger partial charge on any atom is 0.165 e. The van der Waals surface area contributed by atoms with Gasteiger partial charge in [-0.05, 0) is 19.1 Å². The number of fused-ring (bicyclic) bond motifs is 1. The van der Waals surface area contributed by atoms with Crippen molar-refractivity contribution in [1.82, 2.24) is 0 Å². The van der Waals surface area contributed by atoms with E-state index in [1.165, 1.54) is 0 Å². The van der Waals surface area contributed by atoms with E-state index in [-0.39, 0.29) is 0 Å². The third-order valence-corrected chi connectivity index (χ3v) is 4.82. The third-order valence-electron chi connectivity index (χ3n) is 3.55. The summed E-state index contributed by atoms with van der Waals surface area (Å²) in [5, 5.41) is 0. The molecule has 0 radical (unpaired) electrons. The Kier molecular flexibility index (Phi) is 5.18. The highest BCUT2D eigenvalue weighted by Gasteiger charge is 2.17. The molecule has 2 aromatic rings. The van der Waals surface area contributed by atoms with E-state index < -0.39 is 10.8 Å². The molecule has 0 unspecified atom stereocenters. The van der Waals surface area contributed by atoms with Crippen LogP contribution in [-0.2, 0) is 22.3 Å². The number of rotatable bonds is 6. The molecule has 0 amide bonds. The minimum Gasteiger partial charge on any atom is -0.494 e. The van der Waals surface area contributed by atoms with Crippen LogP contribution >= 0.6 is 0 Å². The molecule has 5 heteroatoms. The van der Waals surface area contributed by atoms with Gasteiger partial charge in [-0.25, -0.2) is 0 Å². The molecule has 0 spiro atoms. The molecule has 122 valence electrons. The smallest absolute Gasteiger partial charge is 0.165 e. The van der Waals surface area contributed by atoms with Crippen molar-refractivity contribution in [2.45, 2.75) is 18.4 Å². The summed E-state index contributed by atoms with van der Waals surface area (Å²) in [7, 11) is -1.05. The number of hydrogen-bond donors (Lipinski definition) is 0. The zero-order valence-electron chi connectivity index (χ0n) is 13.1. The fourth-order valence-electron chi connectivity index (χ4n) is 2.57. The Morgan fingerprint density at radius 2 is 1.74 bits per heavy atom. The Morgan fingerprint density at radius 1 is 1.00 bits per heavy atom. The Morgan fingerprint density at radius 3 is 2.61 bits per heavy atom. The average Bonchev–Trinajstić information content (AvgIpc) is 2.57. The van der Waals surface area contributed by atoms with Crippen molar-refractivity contribution in [2.24, 2.45) is 0 Å². The maximum atomic E-state index is 12.6. The molecule has 0 saturated carbocycles. The second-order valence-corrected chi connectivity index (χ2v) is 6.67. The molecule has 1 atom stereocenters. The SMILES string of the molecule is CCOc1ccccc1C[S@@](=O)Cc1cccc2c1OCCO2. The lowest BCUT2D eigenvalue weighted by Gasteiger charge is -2.20. The largest absolute Gasteiger partial charge is 0.494 e. The van der Waals surface area contributed by atoms with Crippen LogP contribution in [-0.4, -0.2) is 24.0 Å². The van der Waals surface area contributed by atoms with E-state index >= 15 is 0 Å². The Hall–Kier alpha value is -2.01. The van der Waals surface area contributed by atoms with E-state index in [4.69, 9.17) is 14.2 Å². The normalized spacial score (nSPS) is 14.3. The van der Waals surface area contributed by atoms with Crippen molar-refractivity contribution in [3.8, 4) is 17.2 Å². The summed E-state index contributed by atoms with van der Waals surface area (Å²) in [6.07, 6.45) is 0. The van der Waals surface area contributed by atoms with Gasteiger partial charge in [-0.2, -0.15) is 0 Å². The van der Waals surface area contributed by atoms with Crippen molar-refractivity contribution < 1.29 is 18.4 Å². The van der Waals surface area contributed by atoms with E-state index in [2.05, 4.69) is 0 Å². The number of para-hydroxylation sites is 2. The second-order valence-electron chi connectivity index (χ2n) is 5.21. The van der Waals surface area contributed by atoms with Crippen molar-refractivity contribution in [2.75, 3.05) is 19.8 Å². The molecular weight excluding hydrogens is 312 g/mol. The monoisotopic (exact) mass is 332 g/mol. The van der Waals surface area contributed by atoms with Gasteiger partial charge in [-0.3, -0.25) is 4.21 Å². The molecule has 23 heavy (non-hydrogen) atoms. The quantitative estimate of drug-likeness (QED) is 0.814. The first-order chi connectivity index (χ1) is 11.3. The minimum atomic E-state index is -1.05. The van der Waals surface area contributed by atoms with Gasteiger partial charge < -0.3 is 14.2 Å². The molecular formula is C18H20O4S. The van der Waals surface area contributed by atoms with Crippen LogP contribution in [0.3, 0.4) is 0 Å². The predicted octanol–water partition coefficient (Wildman–Crippen LogP) is 3.31. The van der Waals surface area contributed by atoms with Crippen LogP contribution in [0.25, 0.3) is 0 Å². The van der Waals surface area contributed by atoms with Gasteiger partial charge in [0.05, 0.1) is 18.1 Å². The highest BCUT2D eigenvalue weighted by molar-refractivity contribution is 7.83. The molecule has 0 aliphatic carbocycles. The standard InChI is InChI=1S/C18H20O4S/c1-2-20-16-8-4-3-6-14(16)12-23(19)13-15-7-5-9-17-18(15)22-11-10-21-17/h3-9H,2,10-13H2,1H3/t23-/m1/s1. The van der Waals surface area contributed by atoms with Gasteiger partial charge in [0.25, 0.3) is 0 Å². The third kappa shape index (κ3) is 3.85. The summed E-state index contributed by atoms with van der Waals surface area (Å²) < 4.78 is 29.4. The molecule has 1 aliphatic heterocycles. The summed E-state index contributed by atoms with van der Waals surface area (Å²) in [6.45, 7) is 3.63. The van der Waals surface area contributed by atoms with Crippen molar-refractivity contribution in [1.29, 1.82) is 0 Å². The fraction of sp³-hybridized carbons (Fsp3) is 0.333. The summed E-state index contributed by atoms with van der Waals surface area (Å²) >= 11 is 0. The van der Waals surface area contributed by atoms with E-state index in [1.54, 1.807) is 0 Å². The van der Waals surface area contributed by atoms with Crippen molar-refractivity contribution in [3.05, 3.63) is 53.6 Å². The molecule has 0 N–H and O–H groups in total. The first-order valence-corrected chi connectivity index (χ1v) is 9.20. The summed E-state index contributed by atoms with van der Waals surface area (Å²) in [6, 6.07) is 13.5. The molecule has 0 saturated heterocycles. The minimum absolute atomic E-state index is 0.437. The maximum absolute atomic E-state index is 12.6. The average molecular weight is 332 g/mol. The lowest BCUT2D eigenvalue weighted by Crippen LogP contribution is -2.17. The predicted molar refractivity (Wildman–Crippen MR) is 90.6 cm³/mol.